The minimum absolute atomic E-state index is 0.137. The van der Waals surface area contributed by atoms with Gasteiger partial charge in [-0.3, -0.25) is 0 Å². The van der Waals surface area contributed by atoms with Crippen LogP contribution in [-0.4, -0.2) is 29.2 Å². The molecule has 1 aliphatic heterocycles. The molecule has 19 heavy (non-hydrogen) atoms. The van der Waals surface area contributed by atoms with Gasteiger partial charge in [-0.1, -0.05) is 12.8 Å². The van der Waals surface area contributed by atoms with Gasteiger partial charge in [-0.05, 0) is 18.9 Å². The molecule has 104 valence electrons. The molecule has 1 aromatic rings. The van der Waals surface area contributed by atoms with Gasteiger partial charge in [0.2, 0.25) is 6.79 Å². The maximum Gasteiger partial charge on any atom is 0.231 e. The molecule has 0 unspecified atom stereocenters. The van der Waals surface area contributed by atoms with E-state index in [1.807, 2.05) is 0 Å². The number of phenolic OH excluding ortho intramolecular Hbond substituents is 1. The van der Waals surface area contributed by atoms with Crippen LogP contribution in [0, 0.1) is 0 Å². The Morgan fingerprint density at radius 2 is 1.84 bits per heavy atom. The summed E-state index contributed by atoms with van der Waals surface area (Å²) in [5.74, 6) is 1.45. The highest BCUT2D eigenvalue weighted by Gasteiger charge is 2.32. The largest absolute Gasteiger partial charge is 0.507 e. The summed E-state index contributed by atoms with van der Waals surface area (Å²) in [6.07, 6.45) is 4.24. The summed E-state index contributed by atoms with van der Waals surface area (Å²) < 4.78 is 10.5. The van der Waals surface area contributed by atoms with Gasteiger partial charge in [0.25, 0.3) is 0 Å². The summed E-state index contributed by atoms with van der Waals surface area (Å²) in [4.78, 5) is 0. The highest BCUT2D eigenvalue weighted by Crippen LogP contribution is 2.38. The van der Waals surface area contributed by atoms with Gasteiger partial charge in [-0.15, -0.1) is 0 Å². The summed E-state index contributed by atoms with van der Waals surface area (Å²) >= 11 is 0. The van der Waals surface area contributed by atoms with E-state index in [1.165, 1.54) is 0 Å². The van der Waals surface area contributed by atoms with E-state index in [1.54, 1.807) is 12.1 Å². The summed E-state index contributed by atoms with van der Waals surface area (Å²) in [6, 6.07) is 3.38. The van der Waals surface area contributed by atoms with E-state index in [-0.39, 0.29) is 24.7 Å². The Kier molecular flexibility index (Phi) is 3.24. The van der Waals surface area contributed by atoms with Crippen molar-refractivity contribution in [2.45, 2.75) is 37.8 Å². The zero-order valence-corrected chi connectivity index (χ0v) is 10.8. The fraction of sp³-hybridized carbons (Fsp3) is 0.571. The number of fused-ring (bicyclic) bond motifs is 1. The van der Waals surface area contributed by atoms with E-state index in [9.17, 15) is 10.2 Å². The highest BCUT2D eigenvalue weighted by molar-refractivity contribution is 5.51. The van der Waals surface area contributed by atoms with E-state index in [4.69, 9.17) is 9.47 Å². The quantitative estimate of drug-likeness (QED) is 0.770. The molecule has 1 aromatic carbocycles. The Morgan fingerprint density at radius 1 is 1.16 bits per heavy atom. The van der Waals surface area contributed by atoms with Crippen LogP contribution in [0.1, 0.15) is 31.2 Å². The lowest BCUT2D eigenvalue weighted by Gasteiger charge is -2.28. The maximum atomic E-state index is 9.97. The monoisotopic (exact) mass is 265 g/mol. The molecule has 1 fully saturated rings. The highest BCUT2D eigenvalue weighted by atomic mass is 16.7. The van der Waals surface area contributed by atoms with Crippen molar-refractivity contribution in [3.05, 3.63) is 17.7 Å². The molecule has 0 radical (unpaired) electrons. The number of hydrogen-bond acceptors (Lipinski definition) is 5. The average molecular weight is 265 g/mol. The smallest absolute Gasteiger partial charge is 0.231 e. The van der Waals surface area contributed by atoms with Crippen molar-refractivity contribution >= 4 is 0 Å². The molecule has 0 atom stereocenters. The molecule has 5 heteroatoms. The predicted molar refractivity (Wildman–Crippen MR) is 69.4 cm³/mol. The van der Waals surface area contributed by atoms with E-state index in [0.29, 0.717) is 18.0 Å². The first-order valence-electron chi connectivity index (χ1n) is 6.70. The van der Waals surface area contributed by atoms with Crippen molar-refractivity contribution < 1.29 is 19.7 Å². The third-order valence-electron chi connectivity index (χ3n) is 4.09. The molecule has 0 bridgehead atoms. The number of benzene rings is 1. The van der Waals surface area contributed by atoms with Crippen LogP contribution in [0.5, 0.6) is 17.2 Å². The van der Waals surface area contributed by atoms with Crippen molar-refractivity contribution in [1.82, 2.24) is 5.32 Å². The number of rotatable bonds is 4. The molecular weight excluding hydrogens is 246 g/mol. The minimum atomic E-state index is -0.192. The van der Waals surface area contributed by atoms with Gasteiger partial charge < -0.3 is 25.0 Å². The van der Waals surface area contributed by atoms with Crippen LogP contribution < -0.4 is 14.8 Å². The molecular formula is C14H19NO4. The zero-order valence-electron chi connectivity index (χ0n) is 10.8. The topological polar surface area (TPSA) is 71.0 Å². The number of nitrogens with one attached hydrogen (secondary N) is 1. The Morgan fingerprint density at radius 3 is 2.53 bits per heavy atom. The van der Waals surface area contributed by atoms with Crippen molar-refractivity contribution in [1.29, 1.82) is 0 Å². The summed E-state index contributed by atoms with van der Waals surface area (Å²) in [5.41, 5.74) is 0.576. The Hall–Kier alpha value is -1.46. The van der Waals surface area contributed by atoms with Gasteiger partial charge >= 0.3 is 0 Å². The van der Waals surface area contributed by atoms with Crippen LogP contribution in [0.3, 0.4) is 0 Å². The van der Waals surface area contributed by atoms with Crippen LogP contribution in [0.25, 0.3) is 0 Å². The van der Waals surface area contributed by atoms with E-state index < -0.39 is 0 Å². The van der Waals surface area contributed by atoms with Crippen LogP contribution in [-0.2, 0) is 6.54 Å². The van der Waals surface area contributed by atoms with Gasteiger partial charge in [0, 0.05) is 23.7 Å². The van der Waals surface area contributed by atoms with E-state index in [2.05, 4.69) is 5.32 Å². The molecule has 1 saturated carbocycles. The standard InChI is InChI=1S/C14H19NO4/c16-8-14(3-1-2-4-14)15-7-10-5-12-13(6-11(10)17)19-9-18-12/h5-6,15-17H,1-4,7-9H2. The second-order valence-electron chi connectivity index (χ2n) is 5.33. The van der Waals surface area contributed by atoms with Crippen LogP contribution >= 0.6 is 0 Å². The van der Waals surface area contributed by atoms with Crippen LogP contribution in [0.15, 0.2) is 12.1 Å². The first kappa shape index (κ1) is 12.6. The van der Waals surface area contributed by atoms with Gasteiger partial charge in [0.05, 0.1) is 6.61 Å². The molecule has 0 spiro atoms. The number of aliphatic hydroxyl groups is 1. The lowest BCUT2D eigenvalue weighted by molar-refractivity contribution is 0.162. The minimum Gasteiger partial charge on any atom is -0.507 e. The number of ether oxygens (including phenoxy) is 2. The van der Waals surface area contributed by atoms with E-state index >= 15 is 0 Å². The fourth-order valence-electron chi connectivity index (χ4n) is 2.84. The Labute approximate surface area is 112 Å². The van der Waals surface area contributed by atoms with Crippen molar-refractivity contribution in [3.8, 4) is 17.2 Å². The first-order valence-corrected chi connectivity index (χ1v) is 6.70. The molecule has 0 saturated heterocycles. The summed E-state index contributed by atoms with van der Waals surface area (Å²) in [6.45, 7) is 0.855. The summed E-state index contributed by atoms with van der Waals surface area (Å²) in [5, 5.41) is 22.9. The van der Waals surface area contributed by atoms with Gasteiger partial charge in [-0.25, -0.2) is 0 Å². The number of hydrogen-bond donors (Lipinski definition) is 3. The number of phenols is 1. The lowest BCUT2D eigenvalue weighted by atomic mass is 9.98. The molecule has 2 aliphatic rings. The molecule has 0 aromatic heterocycles. The van der Waals surface area contributed by atoms with E-state index in [0.717, 1.165) is 31.2 Å². The second-order valence-corrected chi connectivity index (χ2v) is 5.33. The van der Waals surface area contributed by atoms with Crippen molar-refractivity contribution in [2.75, 3.05) is 13.4 Å². The van der Waals surface area contributed by atoms with Crippen molar-refractivity contribution in [2.24, 2.45) is 0 Å². The molecule has 3 rings (SSSR count). The maximum absolute atomic E-state index is 9.97. The van der Waals surface area contributed by atoms with Gasteiger partial charge in [0.1, 0.15) is 5.75 Å². The van der Waals surface area contributed by atoms with Gasteiger partial charge in [0.15, 0.2) is 11.5 Å². The molecule has 1 aliphatic carbocycles. The lowest BCUT2D eigenvalue weighted by Crippen LogP contribution is -2.45. The normalized spacial score (nSPS) is 19.8. The third-order valence-corrected chi connectivity index (χ3v) is 4.09. The molecule has 0 amide bonds. The average Bonchev–Trinajstić information content (AvgIpc) is 3.05. The predicted octanol–water partition coefficient (Wildman–Crippen LogP) is 1.52. The Bertz CT molecular complexity index is 469. The van der Waals surface area contributed by atoms with Crippen LogP contribution in [0.2, 0.25) is 0 Å². The first-order chi connectivity index (χ1) is 9.22. The van der Waals surface area contributed by atoms with Crippen LogP contribution in [0.4, 0.5) is 0 Å². The molecule has 5 nitrogen and oxygen atoms in total. The number of aromatic hydroxyl groups is 1. The second kappa shape index (κ2) is 4.90. The SMILES string of the molecule is OCC1(NCc2cc3c(cc2O)OCO3)CCCC1. The summed E-state index contributed by atoms with van der Waals surface area (Å²) in [7, 11) is 0. The third kappa shape index (κ3) is 2.35. The van der Waals surface area contributed by atoms with Crippen molar-refractivity contribution in [3.63, 3.8) is 0 Å². The molecule has 1 heterocycles. The number of aliphatic hydroxyl groups excluding tert-OH is 1. The molecule has 3 N–H and O–H groups in total. The van der Waals surface area contributed by atoms with Gasteiger partial charge in [-0.2, -0.15) is 0 Å². The Balaban J connectivity index is 1.73. The fourth-order valence-corrected chi connectivity index (χ4v) is 2.84. The zero-order chi connectivity index (χ0) is 13.3.